The number of nitrogens with one attached hydrogen (secondary N) is 1. The van der Waals surface area contributed by atoms with Gasteiger partial charge < -0.3 is 5.32 Å². The SMILES string of the molecule is CCCC1=C(C(=O)NC)C(=O)c2ccccc21. The Morgan fingerprint density at radius 1 is 1.24 bits per heavy atom. The predicted molar refractivity (Wildman–Crippen MR) is 66.7 cm³/mol. The molecule has 0 aromatic heterocycles. The van der Waals surface area contributed by atoms with E-state index in [9.17, 15) is 9.59 Å². The fourth-order valence-electron chi connectivity index (χ4n) is 2.23. The van der Waals surface area contributed by atoms with Crippen LogP contribution in [0.15, 0.2) is 29.8 Å². The van der Waals surface area contributed by atoms with Crippen molar-refractivity contribution in [1.82, 2.24) is 5.32 Å². The maximum atomic E-state index is 12.2. The number of fused-ring (bicyclic) bond motifs is 1. The lowest BCUT2D eigenvalue weighted by molar-refractivity contribution is -0.116. The molecule has 1 amide bonds. The first-order chi connectivity index (χ1) is 8.20. The van der Waals surface area contributed by atoms with Gasteiger partial charge in [0, 0.05) is 12.6 Å². The van der Waals surface area contributed by atoms with Gasteiger partial charge in [0.15, 0.2) is 5.78 Å². The van der Waals surface area contributed by atoms with Crippen molar-refractivity contribution in [2.75, 3.05) is 7.05 Å². The van der Waals surface area contributed by atoms with Gasteiger partial charge in [-0.15, -0.1) is 0 Å². The van der Waals surface area contributed by atoms with E-state index in [2.05, 4.69) is 5.32 Å². The smallest absolute Gasteiger partial charge is 0.255 e. The van der Waals surface area contributed by atoms with Crippen molar-refractivity contribution in [3.8, 4) is 0 Å². The first kappa shape index (κ1) is 11.6. The summed E-state index contributed by atoms with van der Waals surface area (Å²) in [5.74, 6) is -0.432. The first-order valence-corrected chi connectivity index (χ1v) is 5.80. The fraction of sp³-hybridized carbons (Fsp3) is 0.286. The van der Waals surface area contributed by atoms with Crippen LogP contribution in [0.2, 0.25) is 0 Å². The van der Waals surface area contributed by atoms with Crippen LogP contribution in [0.25, 0.3) is 5.57 Å². The minimum absolute atomic E-state index is 0.150. The highest BCUT2D eigenvalue weighted by Gasteiger charge is 2.32. The van der Waals surface area contributed by atoms with E-state index in [1.54, 1.807) is 13.1 Å². The number of carbonyl (C=O) groups excluding carboxylic acids is 2. The Labute approximate surface area is 101 Å². The molecule has 0 bridgehead atoms. The van der Waals surface area contributed by atoms with Crippen LogP contribution in [0.3, 0.4) is 0 Å². The van der Waals surface area contributed by atoms with E-state index < -0.39 is 0 Å². The van der Waals surface area contributed by atoms with E-state index >= 15 is 0 Å². The van der Waals surface area contributed by atoms with E-state index in [-0.39, 0.29) is 11.7 Å². The van der Waals surface area contributed by atoms with E-state index in [1.165, 1.54) is 0 Å². The van der Waals surface area contributed by atoms with Crippen LogP contribution in [0.5, 0.6) is 0 Å². The summed E-state index contributed by atoms with van der Waals surface area (Å²) in [7, 11) is 1.55. The Balaban J connectivity index is 2.58. The maximum absolute atomic E-state index is 12.2. The summed E-state index contributed by atoms with van der Waals surface area (Å²) < 4.78 is 0. The summed E-state index contributed by atoms with van der Waals surface area (Å²) in [5.41, 5.74) is 2.76. The van der Waals surface area contributed by atoms with Crippen LogP contribution in [-0.4, -0.2) is 18.7 Å². The largest absolute Gasteiger partial charge is 0.355 e. The number of carbonyl (C=O) groups is 2. The molecule has 2 rings (SSSR count). The lowest BCUT2D eigenvalue weighted by Gasteiger charge is -2.04. The van der Waals surface area contributed by atoms with Gasteiger partial charge in [0.25, 0.3) is 5.91 Å². The molecule has 1 aromatic carbocycles. The number of amides is 1. The molecule has 3 heteroatoms. The van der Waals surface area contributed by atoms with Gasteiger partial charge in [-0.05, 0) is 17.6 Å². The van der Waals surface area contributed by atoms with Crippen molar-refractivity contribution in [3.63, 3.8) is 0 Å². The Morgan fingerprint density at radius 2 is 1.88 bits per heavy atom. The topological polar surface area (TPSA) is 46.2 Å². The maximum Gasteiger partial charge on any atom is 0.255 e. The molecule has 1 aromatic rings. The third kappa shape index (κ3) is 1.78. The molecule has 1 N–H and O–H groups in total. The fourth-order valence-corrected chi connectivity index (χ4v) is 2.23. The summed E-state index contributed by atoms with van der Waals surface area (Å²) in [4.78, 5) is 24.0. The van der Waals surface area contributed by atoms with E-state index in [0.717, 1.165) is 24.0 Å². The molecule has 0 radical (unpaired) electrons. The Morgan fingerprint density at radius 3 is 2.47 bits per heavy atom. The van der Waals surface area contributed by atoms with E-state index in [0.29, 0.717) is 11.1 Å². The lowest BCUT2D eigenvalue weighted by Crippen LogP contribution is -2.23. The second-order valence-corrected chi connectivity index (χ2v) is 4.06. The standard InChI is InChI=1S/C14H15NO2/c1-3-6-10-9-7-4-5-8-11(9)13(16)12(10)14(17)15-2/h4-5,7-8H,3,6H2,1-2H3,(H,15,17). The second kappa shape index (κ2) is 4.53. The zero-order valence-corrected chi connectivity index (χ0v) is 10.0. The van der Waals surface area contributed by atoms with Gasteiger partial charge in [0.1, 0.15) is 0 Å². The second-order valence-electron chi connectivity index (χ2n) is 4.06. The zero-order chi connectivity index (χ0) is 12.4. The summed E-state index contributed by atoms with van der Waals surface area (Å²) in [6.45, 7) is 2.04. The molecule has 0 aliphatic heterocycles. The average Bonchev–Trinajstić information content (AvgIpc) is 2.63. The molecule has 0 unspecified atom stereocenters. The van der Waals surface area contributed by atoms with Crippen molar-refractivity contribution in [2.45, 2.75) is 19.8 Å². The van der Waals surface area contributed by atoms with Crippen LogP contribution < -0.4 is 5.32 Å². The van der Waals surface area contributed by atoms with Crippen LogP contribution in [-0.2, 0) is 4.79 Å². The van der Waals surface area contributed by atoms with Crippen molar-refractivity contribution in [3.05, 3.63) is 41.0 Å². The summed E-state index contributed by atoms with van der Waals surface area (Å²) in [6.07, 6.45) is 1.67. The minimum Gasteiger partial charge on any atom is -0.355 e. The summed E-state index contributed by atoms with van der Waals surface area (Å²) in [6, 6.07) is 7.42. The quantitative estimate of drug-likeness (QED) is 0.807. The molecular formula is C14H15NO2. The van der Waals surface area contributed by atoms with Crippen LogP contribution in [0.4, 0.5) is 0 Å². The van der Waals surface area contributed by atoms with Gasteiger partial charge in [-0.3, -0.25) is 9.59 Å². The molecule has 88 valence electrons. The normalized spacial score (nSPS) is 13.9. The number of benzene rings is 1. The number of Topliss-reactive ketones (excluding diaryl/α,β-unsaturated/α-hetero) is 1. The Bertz CT molecular complexity index is 515. The monoisotopic (exact) mass is 229 g/mol. The number of rotatable bonds is 3. The number of hydrogen-bond acceptors (Lipinski definition) is 2. The zero-order valence-electron chi connectivity index (χ0n) is 10.0. The van der Waals surface area contributed by atoms with Crippen molar-refractivity contribution in [1.29, 1.82) is 0 Å². The van der Waals surface area contributed by atoms with E-state index in [1.807, 2.05) is 25.1 Å². The molecule has 0 fully saturated rings. The molecule has 0 saturated carbocycles. The van der Waals surface area contributed by atoms with Gasteiger partial charge in [-0.25, -0.2) is 0 Å². The van der Waals surface area contributed by atoms with Crippen molar-refractivity contribution >= 4 is 17.3 Å². The average molecular weight is 229 g/mol. The van der Waals surface area contributed by atoms with Crippen molar-refractivity contribution in [2.24, 2.45) is 0 Å². The highest BCUT2D eigenvalue weighted by atomic mass is 16.2. The number of likely N-dealkylation sites (N-methyl/N-ethyl adjacent to an activating group) is 1. The van der Waals surface area contributed by atoms with Crippen molar-refractivity contribution < 1.29 is 9.59 Å². The predicted octanol–water partition coefficient (Wildman–Crippen LogP) is 2.18. The molecule has 1 aliphatic carbocycles. The lowest BCUT2D eigenvalue weighted by atomic mass is 10.0. The number of ketones is 1. The molecule has 17 heavy (non-hydrogen) atoms. The third-order valence-electron chi connectivity index (χ3n) is 2.98. The third-order valence-corrected chi connectivity index (χ3v) is 2.98. The molecule has 0 atom stereocenters. The number of allylic oxidation sites excluding steroid dienone is 1. The van der Waals surface area contributed by atoms with Gasteiger partial charge >= 0.3 is 0 Å². The molecule has 1 aliphatic rings. The Hall–Kier alpha value is -1.90. The number of hydrogen-bond donors (Lipinski definition) is 1. The van der Waals surface area contributed by atoms with Crippen LogP contribution in [0.1, 0.15) is 35.7 Å². The minimum atomic E-state index is -0.283. The first-order valence-electron chi connectivity index (χ1n) is 5.80. The summed E-state index contributed by atoms with van der Waals surface area (Å²) >= 11 is 0. The molecule has 0 heterocycles. The molecule has 0 spiro atoms. The van der Waals surface area contributed by atoms with Gasteiger partial charge in [0.05, 0.1) is 5.57 Å². The highest BCUT2D eigenvalue weighted by Crippen LogP contribution is 2.35. The molecule has 0 saturated heterocycles. The van der Waals surface area contributed by atoms with Gasteiger partial charge in [-0.2, -0.15) is 0 Å². The molecular weight excluding hydrogens is 214 g/mol. The summed E-state index contributed by atoms with van der Waals surface area (Å²) in [5, 5.41) is 2.54. The van der Waals surface area contributed by atoms with Gasteiger partial charge in [-0.1, -0.05) is 37.6 Å². The van der Waals surface area contributed by atoms with Crippen LogP contribution in [0, 0.1) is 0 Å². The Kier molecular flexibility index (Phi) is 3.09. The van der Waals surface area contributed by atoms with E-state index in [4.69, 9.17) is 0 Å². The van der Waals surface area contributed by atoms with Crippen LogP contribution >= 0.6 is 0 Å². The highest BCUT2D eigenvalue weighted by molar-refractivity contribution is 6.34. The molecule has 3 nitrogen and oxygen atoms in total. The van der Waals surface area contributed by atoms with Gasteiger partial charge in [0.2, 0.25) is 0 Å².